The Kier molecular flexibility index (Phi) is 5.33. The largest absolute Gasteiger partial charge is 0.197 e. The first-order valence-corrected chi connectivity index (χ1v) is 6.58. The van der Waals surface area contributed by atoms with E-state index < -0.39 is 6.19 Å². The first-order valence-electron chi connectivity index (χ1n) is 1.98. The summed E-state index contributed by atoms with van der Waals surface area (Å²) in [6.45, 7) is 0. The molecule has 0 N–H and O–H groups in total. The molecule has 0 heterocycles. The standard InChI is InChI=1S/C3H4Cl2NPS2/c4-1-7(9,2-5)6-3-8/h1-2H2. The van der Waals surface area contributed by atoms with Gasteiger partial charge in [0.15, 0.2) is 0 Å². The van der Waals surface area contributed by atoms with Gasteiger partial charge in [-0.1, -0.05) is 11.8 Å². The maximum atomic E-state index is 5.47. The Morgan fingerprint density at radius 3 is 2.00 bits per heavy atom. The van der Waals surface area contributed by atoms with Crippen LogP contribution in [0.2, 0.25) is 0 Å². The average molecular weight is 220 g/mol. The van der Waals surface area contributed by atoms with E-state index >= 15 is 0 Å². The molecule has 0 fully saturated rings. The van der Waals surface area contributed by atoms with Gasteiger partial charge in [0.2, 0.25) is 0 Å². The normalized spacial score (nSPS) is 10.4. The fourth-order valence-electron chi connectivity index (χ4n) is 0.160. The van der Waals surface area contributed by atoms with Gasteiger partial charge >= 0.3 is 0 Å². The minimum absolute atomic E-state index is 0.301. The van der Waals surface area contributed by atoms with Crippen LogP contribution in [0.15, 0.2) is 4.76 Å². The van der Waals surface area contributed by atoms with E-state index in [-0.39, 0.29) is 0 Å². The fraction of sp³-hybridized carbons (Fsp3) is 0.667. The lowest BCUT2D eigenvalue weighted by molar-refractivity contribution is 1.81. The topological polar surface area (TPSA) is 12.4 Å². The van der Waals surface area contributed by atoms with Gasteiger partial charge in [0.05, 0.1) is 22.6 Å². The number of isothiocyanates is 1. The number of nitrogens with zero attached hydrogens (tertiary/aromatic N) is 1. The van der Waals surface area contributed by atoms with Crippen LogP contribution in [0.4, 0.5) is 0 Å². The van der Waals surface area contributed by atoms with Crippen molar-refractivity contribution in [2.24, 2.45) is 4.76 Å². The summed E-state index contributed by atoms with van der Waals surface area (Å²) in [6, 6.07) is 0. The Hall–Kier alpha value is 1.03. The van der Waals surface area contributed by atoms with Gasteiger partial charge in [0, 0.05) is 0 Å². The quantitative estimate of drug-likeness (QED) is 0.314. The van der Waals surface area contributed by atoms with Crippen LogP contribution >= 0.6 is 41.6 Å². The van der Waals surface area contributed by atoms with Crippen LogP contribution in [0.3, 0.4) is 0 Å². The molecule has 0 aliphatic carbocycles. The van der Waals surface area contributed by atoms with Crippen molar-refractivity contribution < 1.29 is 0 Å². The smallest absolute Gasteiger partial charge is 0.0970 e. The van der Waals surface area contributed by atoms with Gasteiger partial charge in [0.25, 0.3) is 0 Å². The third-order valence-electron chi connectivity index (χ3n) is 0.597. The van der Waals surface area contributed by atoms with Crippen molar-refractivity contribution in [2.45, 2.75) is 0 Å². The lowest BCUT2D eigenvalue weighted by Gasteiger charge is -2.04. The maximum Gasteiger partial charge on any atom is 0.0970 e. The zero-order valence-electron chi connectivity index (χ0n) is 4.38. The molecule has 0 rings (SSSR count). The van der Waals surface area contributed by atoms with Crippen LogP contribution in [-0.4, -0.2) is 16.4 Å². The molecule has 0 bridgehead atoms. The monoisotopic (exact) mass is 219 g/mol. The highest BCUT2D eigenvalue weighted by Gasteiger charge is 2.10. The van der Waals surface area contributed by atoms with Crippen molar-refractivity contribution >= 4 is 58.6 Å². The van der Waals surface area contributed by atoms with E-state index in [1.54, 1.807) is 0 Å². The first-order chi connectivity index (χ1) is 4.18. The van der Waals surface area contributed by atoms with E-state index in [2.05, 4.69) is 22.1 Å². The van der Waals surface area contributed by atoms with Gasteiger partial charge in [-0.2, -0.15) is 4.76 Å². The number of thiocarbonyl (C=S) groups is 1. The van der Waals surface area contributed by atoms with Gasteiger partial charge in [-0.05, 0) is 12.2 Å². The van der Waals surface area contributed by atoms with Gasteiger partial charge in [-0.25, -0.2) is 0 Å². The summed E-state index contributed by atoms with van der Waals surface area (Å²) in [6.07, 6.45) is -1.91. The molecule has 0 aliphatic rings. The van der Waals surface area contributed by atoms with E-state index in [1.165, 1.54) is 0 Å². The summed E-state index contributed by atoms with van der Waals surface area (Å²) in [7, 11) is 0. The van der Waals surface area contributed by atoms with Crippen LogP contribution in [0.5, 0.6) is 0 Å². The van der Waals surface area contributed by atoms with Crippen molar-refractivity contribution in [1.29, 1.82) is 0 Å². The van der Waals surface area contributed by atoms with E-state index in [0.717, 1.165) is 0 Å². The van der Waals surface area contributed by atoms with Crippen LogP contribution < -0.4 is 0 Å². The Balaban J connectivity index is 4.28. The molecule has 0 amide bonds. The minimum Gasteiger partial charge on any atom is -0.197 e. The third kappa shape index (κ3) is 3.67. The van der Waals surface area contributed by atoms with E-state index in [1.807, 2.05) is 0 Å². The summed E-state index contributed by atoms with van der Waals surface area (Å²) < 4.78 is 3.72. The average Bonchev–Trinajstić information content (AvgIpc) is 1.89. The van der Waals surface area contributed by atoms with Gasteiger partial charge in [-0.3, -0.25) is 0 Å². The van der Waals surface area contributed by atoms with Crippen molar-refractivity contribution in [3.63, 3.8) is 0 Å². The van der Waals surface area contributed by atoms with Crippen molar-refractivity contribution in [1.82, 2.24) is 0 Å². The summed E-state index contributed by atoms with van der Waals surface area (Å²) >= 11 is 20.3. The van der Waals surface area contributed by atoms with Crippen LogP contribution in [-0.2, 0) is 11.8 Å². The van der Waals surface area contributed by atoms with Gasteiger partial charge in [-0.15, -0.1) is 23.2 Å². The highest BCUT2D eigenvalue weighted by molar-refractivity contribution is 8.15. The SMILES string of the molecule is S=C=NP(=S)(CCl)CCl. The van der Waals surface area contributed by atoms with Crippen LogP contribution in [0.25, 0.3) is 0 Å². The summed E-state index contributed by atoms with van der Waals surface area (Å²) in [4.78, 5) is 0. The third-order valence-corrected chi connectivity index (χ3v) is 6.28. The first kappa shape index (κ1) is 10.0. The molecular weight excluding hydrogens is 216 g/mol. The predicted molar refractivity (Wildman–Crippen MR) is 50.8 cm³/mol. The van der Waals surface area contributed by atoms with Crippen molar-refractivity contribution in [2.75, 3.05) is 11.2 Å². The molecule has 0 aromatic rings. The second-order valence-electron chi connectivity index (χ2n) is 1.28. The molecule has 6 heteroatoms. The zero-order valence-corrected chi connectivity index (χ0v) is 8.42. The number of halogens is 2. The molecule has 0 spiro atoms. The molecule has 0 saturated carbocycles. The van der Waals surface area contributed by atoms with E-state index in [0.29, 0.717) is 11.2 Å². The Labute approximate surface area is 74.5 Å². The summed E-state index contributed by atoms with van der Waals surface area (Å²) in [5.74, 6) is 0. The fourth-order valence-corrected chi connectivity index (χ4v) is 2.31. The molecule has 0 unspecified atom stereocenters. The molecule has 0 aliphatic heterocycles. The summed E-state index contributed by atoms with van der Waals surface area (Å²) in [5, 5.41) is 2.19. The van der Waals surface area contributed by atoms with Crippen molar-refractivity contribution in [3.8, 4) is 0 Å². The molecule has 1 nitrogen and oxygen atoms in total. The number of hydrogen-bond acceptors (Lipinski definition) is 2. The van der Waals surface area contributed by atoms with Crippen LogP contribution in [0.1, 0.15) is 0 Å². The zero-order chi connectivity index (χ0) is 7.33. The summed E-state index contributed by atoms with van der Waals surface area (Å²) in [5.41, 5.74) is 0.602. The van der Waals surface area contributed by atoms with Gasteiger partial charge < -0.3 is 0 Å². The van der Waals surface area contributed by atoms with Crippen LogP contribution in [0, 0.1) is 0 Å². The van der Waals surface area contributed by atoms with Gasteiger partial charge in [0.1, 0.15) is 0 Å². The van der Waals surface area contributed by atoms with Crippen molar-refractivity contribution in [3.05, 3.63) is 0 Å². The molecule has 9 heavy (non-hydrogen) atoms. The number of hydrogen-bond donors (Lipinski definition) is 0. The maximum absolute atomic E-state index is 5.47. The second-order valence-corrected chi connectivity index (χ2v) is 7.30. The minimum atomic E-state index is -1.91. The number of alkyl halides is 2. The lowest BCUT2D eigenvalue weighted by Crippen LogP contribution is -1.77. The molecule has 52 valence electrons. The highest BCUT2D eigenvalue weighted by Crippen LogP contribution is 2.48. The molecule has 0 aromatic carbocycles. The molecule has 0 atom stereocenters. The Morgan fingerprint density at radius 1 is 1.44 bits per heavy atom. The second kappa shape index (κ2) is 4.79. The molecule has 0 aromatic heterocycles. The molecule has 0 radical (unpaired) electrons. The number of rotatable bonds is 3. The predicted octanol–water partition coefficient (Wildman–Crippen LogP) is 2.88. The molecule has 0 saturated heterocycles. The highest BCUT2D eigenvalue weighted by atomic mass is 35.5. The lowest BCUT2D eigenvalue weighted by atomic mass is 11.8. The Morgan fingerprint density at radius 2 is 1.89 bits per heavy atom. The Bertz CT molecular complexity index is 169. The molecular formula is C3H4Cl2NPS2. The van der Waals surface area contributed by atoms with E-state index in [9.17, 15) is 0 Å². The van der Waals surface area contributed by atoms with E-state index in [4.69, 9.17) is 35.0 Å².